The van der Waals surface area contributed by atoms with Crippen LogP contribution < -0.4 is 5.73 Å². The van der Waals surface area contributed by atoms with Crippen LogP contribution in [0.1, 0.15) is 32.6 Å². The van der Waals surface area contributed by atoms with Crippen molar-refractivity contribution in [3.8, 4) is 0 Å². The van der Waals surface area contributed by atoms with Gasteiger partial charge in [-0.15, -0.1) is 0 Å². The maximum atomic E-state index is 5.75. The van der Waals surface area contributed by atoms with Crippen molar-refractivity contribution in [2.45, 2.75) is 38.6 Å². The van der Waals surface area contributed by atoms with Gasteiger partial charge >= 0.3 is 0 Å². The fourth-order valence-electron chi connectivity index (χ4n) is 3.43. The van der Waals surface area contributed by atoms with Crippen LogP contribution in [0.5, 0.6) is 0 Å². The number of rotatable bonds is 3. The van der Waals surface area contributed by atoms with Crippen molar-refractivity contribution < 1.29 is 0 Å². The maximum absolute atomic E-state index is 5.75. The van der Waals surface area contributed by atoms with Crippen LogP contribution >= 0.6 is 0 Å². The summed E-state index contributed by atoms with van der Waals surface area (Å²) in [5.41, 5.74) is 5.75. The molecule has 1 heterocycles. The second-order valence-corrected chi connectivity index (χ2v) is 6.23. The number of likely N-dealkylation sites (N-methyl/N-ethyl adjacent to an activating group) is 1. The molecule has 0 radical (unpaired) electrons. The number of nitrogens with two attached hydrogens (primary N) is 1. The molecule has 1 aliphatic carbocycles. The molecule has 2 aliphatic rings. The Morgan fingerprint density at radius 1 is 1.06 bits per heavy atom. The molecule has 1 saturated heterocycles. The topological polar surface area (TPSA) is 32.5 Å². The van der Waals surface area contributed by atoms with Gasteiger partial charge in [0.1, 0.15) is 0 Å². The largest absolute Gasteiger partial charge is 0.330 e. The first-order valence-corrected chi connectivity index (χ1v) is 7.31. The molecule has 0 aromatic carbocycles. The van der Waals surface area contributed by atoms with Crippen molar-refractivity contribution in [1.29, 1.82) is 0 Å². The van der Waals surface area contributed by atoms with Crippen molar-refractivity contribution in [1.82, 2.24) is 9.80 Å². The van der Waals surface area contributed by atoms with Gasteiger partial charge in [0.15, 0.2) is 0 Å². The van der Waals surface area contributed by atoms with Crippen LogP contribution in [-0.2, 0) is 0 Å². The molecule has 0 amide bonds. The Kier molecular flexibility index (Phi) is 4.83. The van der Waals surface area contributed by atoms with E-state index in [-0.39, 0.29) is 0 Å². The van der Waals surface area contributed by atoms with Gasteiger partial charge in [0.25, 0.3) is 0 Å². The van der Waals surface area contributed by atoms with E-state index < -0.39 is 0 Å². The maximum Gasteiger partial charge on any atom is 0.0195 e. The molecule has 1 aliphatic heterocycles. The second-order valence-electron chi connectivity index (χ2n) is 6.23. The van der Waals surface area contributed by atoms with Gasteiger partial charge in [-0.1, -0.05) is 0 Å². The third-order valence-electron chi connectivity index (χ3n) is 4.76. The summed E-state index contributed by atoms with van der Waals surface area (Å²) in [6.45, 7) is 8.33. The molecule has 1 atom stereocenters. The van der Waals surface area contributed by atoms with Crippen molar-refractivity contribution in [3.05, 3.63) is 0 Å². The first-order valence-electron chi connectivity index (χ1n) is 7.31. The summed E-state index contributed by atoms with van der Waals surface area (Å²) in [6.07, 6.45) is 5.54. The minimum Gasteiger partial charge on any atom is -0.330 e. The van der Waals surface area contributed by atoms with Crippen molar-refractivity contribution in [2.24, 2.45) is 17.6 Å². The van der Waals surface area contributed by atoms with E-state index in [1.54, 1.807) is 0 Å². The third kappa shape index (κ3) is 3.67. The number of piperazine rings is 1. The minimum absolute atomic E-state index is 0.737. The van der Waals surface area contributed by atoms with Gasteiger partial charge in [0.05, 0.1) is 0 Å². The van der Waals surface area contributed by atoms with Crippen LogP contribution in [0.25, 0.3) is 0 Å². The highest BCUT2D eigenvalue weighted by molar-refractivity contribution is 4.81. The van der Waals surface area contributed by atoms with Gasteiger partial charge in [-0.3, -0.25) is 4.90 Å². The molecular weight excluding hydrogens is 210 g/mol. The van der Waals surface area contributed by atoms with E-state index in [9.17, 15) is 0 Å². The Labute approximate surface area is 106 Å². The van der Waals surface area contributed by atoms with Crippen molar-refractivity contribution >= 4 is 0 Å². The van der Waals surface area contributed by atoms with Crippen LogP contribution in [0.4, 0.5) is 0 Å². The van der Waals surface area contributed by atoms with Gasteiger partial charge in [0, 0.05) is 32.2 Å². The molecule has 0 spiro atoms. The van der Waals surface area contributed by atoms with E-state index in [0.29, 0.717) is 0 Å². The van der Waals surface area contributed by atoms with Gasteiger partial charge < -0.3 is 10.6 Å². The van der Waals surface area contributed by atoms with Crippen molar-refractivity contribution in [3.63, 3.8) is 0 Å². The standard InChI is InChI=1S/C14H29N3/c1-12-10-16(2)7-8-17(12)11-14-5-3-13(9-15)4-6-14/h12-14H,3-11,15H2,1-2H3. The predicted molar refractivity (Wildman–Crippen MR) is 73.0 cm³/mol. The summed E-state index contributed by atoms with van der Waals surface area (Å²) in [4.78, 5) is 5.15. The lowest BCUT2D eigenvalue weighted by atomic mass is 9.81. The lowest BCUT2D eigenvalue weighted by Gasteiger charge is -2.41. The zero-order valence-electron chi connectivity index (χ0n) is 11.6. The summed E-state index contributed by atoms with van der Waals surface area (Å²) >= 11 is 0. The van der Waals surface area contributed by atoms with Crippen LogP contribution in [0.2, 0.25) is 0 Å². The highest BCUT2D eigenvalue weighted by Crippen LogP contribution is 2.29. The molecule has 100 valence electrons. The van der Waals surface area contributed by atoms with E-state index in [1.807, 2.05) is 0 Å². The summed E-state index contributed by atoms with van der Waals surface area (Å²) in [7, 11) is 2.24. The lowest BCUT2D eigenvalue weighted by molar-refractivity contribution is 0.0744. The number of nitrogens with zero attached hydrogens (tertiary/aromatic N) is 2. The van der Waals surface area contributed by atoms with E-state index in [0.717, 1.165) is 24.4 Å². The van der Waals surface area contributed by atoms with Gasteiger partial charge in [-0.05, 0) is 58.0 Å². The molecule has 0 aromatic heterocycles. The zero-order chi connectivity index (χ0) is 12.3. The van der Waals surface area contributed by atoms with Crippen LogP contribution in [-0.4, -0.2) is 55.6 Å². The smallest absolute Gasteiger partial charge is 0.0195 e. The summed E-state index contributed by atoms with van der Waals surface area (Å²) in [6, 6.07) is 0.737. The molecule has 3 heteroatoms. The Hall–Kier alpha value is -0.120. The molecule has 2 fully saturated rings. The summed E-state index contributed by atoms with van der Waals surface area (Å²) in [5.74, 6) is 1.75. The quantitative estimate of drug-likeness (QED) is 0.808. The molecule has 2 N–H and O–H groups in total. The fourth-order valence-corrected chi connectivity index (χ4v) is 3.43. The first kappa shape index (κ1) is 13.3. The van der Waals surface area contributed by atoms with Crippen LogP contribution in [0.15, 0.2) is 0 Å². The lowest BCUT2D eigenvalue weighted by Crippen LogP contribution is -2.51. The SMILES string of the molecule is CC1CN(C)CCN1CC1CCC(CN)CC1. The second kappa shape index (κ2) is 6.17. The van der Waals surface area contributed by atoms with E-state index in [1.165, 1.54) is 51.9 Å². The normalized spacial score (nSPS) is 37.2. The molecule has 1 unspecified atom stereocenters. The van der Waals surface area contributed by atoms with Crippen LogP contribution in [0.3, 0.4) is 0 Å². The highest BCUT2D eigenvalue weighted by atomic mass is 15.3. The van der Waals surface area contributed by atoms with E-state index in [4.69, 9.17) is 5.73 Å². The predicted octanol–water partition coefficient (Wildman–Crippen LogP) is 1.39. The molecule has 0 aromatic rings. The van der Waals surface area contributed by atoms with Gasteiger partial charge in [-0.25, -0.2) is 0 Å². The Morgan fingerprint density at radius 3 is 2.29 bits per heavy atom. The molecule has 3 nitrogen and oxygen atoms in total. The van der Waals surface area contributed by atoms with Gasteiger partial charge in [0.2, 0.25) is 0 Å². The van der Waals surface area contributed by atoms with Gasteiger partial charge in [-0.2, -0.15) is 0 Å². The minimum atomic E-state index is 0.737. The van der Waals surface area contributed by atoms with Crippen LogP contribution in [0, 0.1) is 11.8 Å². The summed E-state index contributed by atoms with van der Waals surface area (Å²) in [5, 5.41) is 0. The Morgan fingerprint density at radius 2 is 1.71 bits per heavy atom. The number of hydrogen-bond donors (Lipinski definition) is 1. The third-order valence-corrected chi connectivity index (χ3v) is 4.76. The molecule has 1 saturated carbocycles. The first-order chi connectivity index (χ1) is 8.19. The summed E-state index contributed by atoms with van der Waals surface area (Å²) < 4.78 is 0. The zero-order valence-corrected chi connectivity index (χ0v) is 11.6. The number of hydrogen-bond acceptors (Lipinski definition) is 3. The Balaban J connectivity index is 1.74. The van der Waals surface area contributed by atoms with E-state index >= 15 is 0 Å². The molecule has 17 heavy (non-hydrogen) atoms. The Bertz CT molecular complexity index is 224. The highest BCUT2D eigenvalue weighted by Gasteiger charge is 2.26. The average Bonchev–Trinajstić information content (AvgIpc) is 2.34. The molecular formula is C14H29N3. The average molecular weight is 239 g/mol. The molecule has 2 rings (SSSR count). The molecule has 0 bridgehead atoms. The van der Waals surface area contributed by atoms with Crippen molar-refractivity contribution in [2.75, 3.05) is 39.8 Å². The fraction of sp³-hybridized carbons (Fsp3) is 1.00. The monoisotopic (exact) mass is 239 g/mol. The van der Waals surface area contributed by atoms with E-state index in [2.05, 4.69) is 23.8 Å².